The van der Waals surface area contributed by atoms with Gasteiger partial charge in [0.05, 0.1) is 33.0 Å². The van der Waals surface area contributed by atoms with Crippen molar-refractivity contribution in [2.45, 2.75) is 124 Å². The third-order valence-electron chi connectivity index (χ3n) is 12.5. The van der Waals surface area contributed by atoms with E-state index < -0.39 is 11.9 Å². The predicted molar refractivity (Wildman–Crippen MR) is 182 cm³/mol. The summed E-state index contributed by atoms with van der Waals surface area (Å²) in [6, 6.07) is 0. The van der Waals surface area contributed by atoms with E-state index in [0.29, 0.717) is 31.8 Å². The van der Waals surface area contributed by atoms with Crippen LogP contribution in [0, 0.1) is 46.3 Å². The van der Waals surface area contributed by atoms with E-state index >= 15 is 0 Å². The van der Waals surface area contributed by atoms with Gasteiger partial charge in [-0.3, -0.25) is 4.79 Å². The number of alkyl carbamates (subject to hydrolysis) is 1. The van der Waals surface area contributed by atoms with Crippen LogP contribution >= 0.6 is 0 Å². The number of ether oxygens (including phenoxy) is 3. The molecule has 1 unspecified atom stereocenters. The molecule has 4 aliphatic rings. The van der Waals surface area contributed by atoms with Gasteiger partial charge in [0, 0.05) is 19.4 Å². The van der Waals surface area contributed by atoms with Crippen molar-refractivity contribution in [1.82, 2.24) is 5.32 Å². The molecule has 0 aromatic carbocycles. The van der Waals surface area contributed by atoms with Crippen LogP contribution in [-0.2, 0) is 19.0 Å². The molecule has 0 bridgehead atoms. The molecule has 0 heterocycles. The third-order valence-corrected chi connectivity index (χ3v) is 12.5. The smallest absolute Gasteiger partial charge is 0.862 e. The standard InChI is InChI=1S/C38H64N2O7.Na/c1-26(2)7-6-8-27(3)31-11-12-32-30-10-9-28-25-29(15-17-37(28,4)33(30)16-18-38(31,32)5)47-36(44)40-20-22-46-24-23-45-21-19-39-34(41)13-14-35(42)43;/h9,26-27,29-33H,6-8,10-25H2,1-5H3,(H,39,41)(H,40,44)(H,42,43);/q;+1/p-1/t27-,29?,30+,31-,32+,33+,37+,38-;/m1./s1. The summed E-state index contributed by atoms with van der Waals surface area (Å²) in [5.41, 5.74) is 2.27. The molecular formula is C38H63N2NaO7. The van der Waals surface area contributed by atoms with Crippen LogP contribution in [0.5, 0.6) is 0 Å². The monoisotopic (exact) mass is 682 g/mol. The summed E-state index contributed by atoms with van der Waals surface area (Å²) in [6.07, 6.45) is 15.6. The minimum Gasteiger partial charge on any atom is -0.862 e. The maximum atomic E-state index is 12.6. The Morgan fingerprint density at radius 2 is 1.75 bits per heavy atom. The molecular weight excluding hydrogens is 619 g/mol. The average molecular weight is 683 g/mol. The van der Waals surface area contributed by atoms with Crippen LogP contribution in [0.4, 0.5) is 4.79 Å². The van der Waals surface area contributed by atoms with E-state index in [0.717, 1.165) is 54.8 Å². The fraction of sp³-hybridized carbons (Fsp3) is 0.868. The maximum absolute atomic E-state index is 12.6. The molecule has 1 amide bonds. The predicted octanol–water partition coefficient (Wildman–Crippen LogP) is 3.78. The van der Waals surface area contributed by atoms with E-state index in [1.165, 1.54) is 56.9 Å². The summed E-state index contributed by atoms with van der Waals surface area (Å²) in [7, 11) is 0. The first-order valence-electron chi connectivity index (χ1n) is 18.7. The fourth-order valence-corrected chi connectivity index (χ4v) is 10.0. The number of nitrogens with zero attached hydrogens (tertiary/aromatic N) is 1. The second kappa shape index (κ2) is 19.5. The van der Waals surface area contributed by atoms with Gasteiger partial charge in [0.1, 0.15) is 6.10 Å². The molecule has 4 rings (SSSR count). The van der Waals surface area contributed by atoms with Crippen LogP contribution in [-0.4, -0.2) is 68.7 Å². The number of amides is 1. The number of aliphatic carboxylic acids is 1. The molecule has 0 radical (unpaired) electrons. The van der Waals surface area contributed by atoms with Gasteiger partial charge in [-0.05, 0) is 104 Å². The number of allylic oxidation sites excluding steroid dienone is 1. The van der Waals surface area contributed by atoms with Gasteiger partial charge in [-0.25, -0.2) is 4.79 Å². The van der Waals surface area contributed by atoms with Gasteiger partial charge >= 0.3 is 41.6 Å². The number of rotatable bonds is 18. The van der Waals surface area contributed by atoms with E-state index in [2.05, 4.69) is 51.0 Å². The number of hydrogen-bond acceptors (Lipinski definition) is 7. The number of carbonyl (C=O) groups excluding carboxylic acids is 1. The van der Waals surface area contributed by atoms with Crippen LogP contribution in [0.1, 0.15) is 118 Å². The van der Waals surface area contributed by atoms with E-state index in [1.807, 2.05) is 0 Å². The summed E-state index contributed by atoms with van der Waals surface area (Å²) >= 11 is 0. The SMILES string of the molecule is CC(C)CCC[C@@H](C)[C@H]1CC[C@H]2[C@@H]3CC=C4CC(OC(=O)NCCOCCOCCN=C([O-])CCC(=O)O)CC[C@]4(C)[C@H]3CC[C@]12C.[Na+]. The van der Waals surface area contributed by atoms with Gasteiger partial charge in [-0.15, -0.1) is 0 Å². The summed E-state index contributed by atoms with van der Waals surface area (Å²) in [6.45, 7) is 14.3. The average Bonchev–Trinajstić information content (AvgIpc) is 3.38. The van der Waals surface area contributed by atoms with Crippen molar-refractivity contribution in [3.63, 3.8) is 0 Å². The van der Waals surface area contributed by atoms with Gasteiger partial charge < -0.3 is 34.7 Å². The Morgan fingerprint density at radius 1 is 1.00 bits per heavy atom. The maximum Gasteiger partial charge on any atom is 1.00 e. The van der Waals surface area contributed by atoms with Crippen molar-refractivity contribution in [3.8, 4) is 0 Å². The largest absolute Gasteiger partial charge is 1.00 e. The van der Waals surface area contributed by atoms with E-state index in [4.69, 9.17) is 19.3 Å². The molecule has 268 valence electrons. The Balaban J connectivity index is 0.00000625. The molecule has 8 atom stereocenters. The normalized spacial score (nSPS) is 31.9. The van der Waals surface area contributed by atoms with Crippen molar-refractivity contribution < 1.29 is 63.6 Å². The van der Waals surface area contributed by atoms with Gasteiger partial charge in [0.15, 0.2) is 0 Å². The second-order valence-electron chi connectivity index (χ2n) is 15.9. The van der Waals surface area contributed by atoms with Gasteiger partial charge in [0.25, 0.3) is 0 Å². The van der Waals surface area contributed by atoms with Crippen LogP contribution in [0.2, 0.25) is 0 Å². The molecule has 3 fully saturated rings. The summed E-state index contributed by atoms with van der Waals surface area (Å²) in [4.78, 5) is 26.8. The number of carbonyl (C=O) groups is 2. The molecule has 10 heteroatoms. The Kier molecular flexibility index (Phi) is 16.7. The Hall–Kier alpha value is -1.13. The Labute approximate surface area is 312 Å². The quantitative estimate of drug-likeness (QED) is 0.0741. The number of hydrogen-bond donors (Lipinski definition) is 2. The zero-order valence-electron chi connectivity index (χ0n) is 30.9. The van der Waals surface area contributed by atoms with E-state index in [-0.39, 0.29) is 73.2 Å². The topological polar surface area (TPSA) is 130 Å². The van der Waals surface area contributed by atoms with E-state index in [1.54, 1.807) is 0 Å². The van der Waals surface area contributed by atoms with Crippen molar-refractivity contribution >= 4 is 18.0 Å². The zero-order valence-corrected chi connectivity index (χ0v) is 32.9. The molecule has 2 N–H and O–H groups in total. The van der Waals surface area contributed by atoms with Crippen LogP contribution in [0.3, 0.4) is 0 Å². The van der Waals surface area contributed by atoms with Crippen molar-refractivity contribution in [3.05, 3.63) is 11.6 Å². The van der Waals surface area contributed by atoms with Crippen molar-refractivity contribution in [2.75, 3.05) is 39.5 Å². The Morgan fingerprint density at radius 3 is 2.48 bits per heavy atom. The van der Waals surface area contributed by atoms with Crippen LogP contribution in [0.25, 0.3) is 0 Å². The molecule has 48 heavy (non-hydrogen) atoms. The third kappa shape index (κ3) is 10.9. The number of nitrogens with one attached hydrogen (secondary N) is 1. The number of carboxylic acids is 1. The summed E-state index contributed by atoms with van der Waals surface area (Å²) < 4.78 is 16.8. The number of carboxylic acid groups (broad SMARTS) is 1. The van der Waals surface area contributed by atoms with Gasteiger partial charge in [0.2, 0.25) is 0 Å². The van der Waals surface area contributed by atoms with Crippen molar-refractivity contribution in [2.24, 2.45) is 51.3 Å². The first-order chi connectivity index (χ1) is 22.4. The van der Waals surface area contributed by atoms with E-state index in [9.17, 15) is 14.7 Å². The minimum absolute atomic E-state index is 0. The van der Waals surface area contributed by atoms with Crippen LogP contribution in [0.15, 0.2) is 16.6 Å². The summed E-state index contributed by atoms with van der Waals surface area (Å²) in [5.74, 6) is 3.49. The second-order valence-corrected chi connectivity index (χ2v) is 15.9. The van der Waals surface area contributed by atoms with Crippen LogP contribution < -0.4 is 40.0 Å². The van der Waals surface area contributed by atoms with Gasteiger partial charge in [-0.2, -0.15) is 0 Å². The number of fused-ring (bicyclic) bond motifs is 5. The first-order valence-corrected chi connectivity index (χ1v) is 18.7. The molecule has 0 spiro atoms. The van der Waals surface area contributed by atoms with Crippen molar-refractivity contribution in [1.29, 1.82) is 0 Å². The zero-order chi connectivity index (χ0) is 34.0. The first kappa shape index (κ1) is 41.3. The molecule has 4 aliphatic carbocycles. The molecule has 0 aromatic heterocycles. The Bertz CT molecular complexity index is 1100. The number of aliphatic imine (C=N–C) groups is 1. The van der Waals surface area contributed by atoms with Gasteiger partial charge in [-0.1, -0.05) is 65.5 Å². The molecule has 0 aliphatic heterocycles. The summed E-state index contributed by atoms with van der Waals surface area (Å²) in [5, 5.41) is 22.8. The molecule has 0 aromatic rings. The molecule has 0 saturated heterocycles. The molecule has 9 nitrogen and oxygen atoms in total. The minimum atomic E-state index is -1.01. The fourth-order valence-electron chi connectivity index (χ4n) is 10.0. The molecule has 3 saturated carbocycles.